The predicted molar refractivity (Wildman–Crippen MR) is 36.1 cm³/mol. The smallest absolute Gasteiger partial charge is 0.0317 e. The third kappa shape index (κ3) is 2.45. The zero-order valence-electron chi connectivity index (χ0n) is 4.52. The monoisotopic (exact) mass is 115 g/mol. The number of rotatable bonds is 1. The van der Waals surface area contributed by atoms with Crippen LogP contribution in [0.1, 0.15) is 13.8 Å². The van der Waals surface area contributed by atoms with Crippen molar-refractivity contribution in [3.8, 4) is 0 Å². The predicted octanol–water partition coefficient (Wildman–Crippen LogP) is 1.86. The molecule has 0 amide bonds. The highest BCUT2D eigenvalue weighted by atomic mass is 32.1. The summed E-state index contributed by atoms with van der Waals surface area (Å²) < 4.78 is 0. The Kier molecular flexibility index (Phi) is 2.76. The molecular weight excluding hydrogens is 106 g/mol. The van der Waals surface area contributed by atoms with Crippen LogP contribution in [0.15, 0.2) is 11.0 Å². The van der Waals surface area contributed by atoms with E-state index in [-0.39, 0.29) is 0 Å². The van der Waals surface area contributed by atoms with Crippen LogP contribution in [0, 0.1) is 5.41 Å². The molecule has 0 saturated heterocycles. The van der Waals surface area contributed by atoms with Crippen LogP contribution in [-0.4, -0.2) is 5.71 Å². The summed E-state index contributed by atoms with van der Waals surface area (Å²) in [5, 5.41) is 8.61. The van der Waals surface area contributed by atoms with Crippen molar-refractivity contribution in [2.75, 3.05) is 0 Å². The molecule has 0 saturated carbocycles. The summed E-state index contributed by atoms with van der Waals surface area (Å²) in [6.07, 6.45) is 0. The zero-order chi connectivity index (χ0) is 5.86. The van der Waals surface area contributed by atoms with E-state index in [1.165, 1.54) is 0 Å². The third-order valence-electron chi connectivity index (χ3n) is 0.785. The van der Waals surface area contributed by atoms with Crippen molar-refractivity contribution in [3.63, 3.8) is 0 Å². The van der Waals surface area contributed by atoms with E-state index in [2.05, 4.69) is 12.6 Å². The third-order valence-corrected chi connectivity index (χ3v) is 1.17. The van der Waals surface area contributed by atoms with Crippen LogP contribution in [0.2, 0.25) is 0 Å². The molecule has 0 aliphatic heterocycles. The van der Waals surface area contributed by atoms with Crippen molar-refractivity contribution < 1.29 is 0 Å². The molecule has 0 bridgehead atoms. The molecule has 0 aromatic rings. The minimum absolute atomic E-state index is 0.579. The summed E-state index contributed by atoms with van der Waals surface area (Å²) in [6.45, 7) is 3.59. The molecule has 0 heterocycles. The number of allylic oxidation sites excluding steroid dienone is 1. The maximum Gasteiger partial charge on any atom is 0.0317 e. The summed E-state index contributed by atoms with van der Waals surface area (Å²) in [5.74, 6) is 0. The molecule has 0 rings (SSSR count). The van der Waals surface area contributed by atoms with Crippen LogP contribution >= 0.6 is 12.6 Å². The van der Waals surface area contributed by atoms with E-state index in [1.807, 2.05) is 6.92 Å². The van der Waals surface area contributed by atoms with Gasteiger partial charge in [0, 0.05) is 5.71 Å². The molecule has 40 valence electrons. The Bertz CT molecular complexity index is 105. The highest BCUT2D eigenvalue weighted by Gasteiger charge is 1.84. The quantitative estimate of drug-likeness (QED) is 0.385. The fourth-order valence-electron chi connectivity index (χ4n) is 0.0968. The van der Waals surface area contributed by atoms with Crippen molar-refractivity contribution in [2.24, 2.45) is 0 Å². The largest absolute Gasteiger partial charge is 0.305 e. The summed E-state index contributed by atoms with van der Waals surface area (Å²) in [7, 11) is 0. The Morgan fingerprint density at radius 3 is 2.00 bits per heavy atom. The van der Waals surface area contributed by atoms with Crippen LogP contribution in [0.3, 0.4) is 0 Å². The molecule has 0 radical (unpaired) electrons. The van der Waals surface area contributed by atoms with Gasteiger partial charge in [-0.05, 0) is 24.8 Å². The molecule has 1 N–H and O–H groups in total. The van der Waals surface area contributed by atoms with Gasteiger partial charge < -0.3 is 5.41 Å². The van der Waals surface area contributed by atoms with Crippen LogP contribution in [0.5, 0.6) is 0 Å². The van der Waals surface area contributed by atoms with Gasteiger partial charge in [-0.3, -0.25) is 0 Å². The second-order valence-corrected chi connectivity index (χ2v) is 1.70. The fourth-order valence-corrected chi connectivity index (χ4v) is 0.290. The molecule has 0 atom stereocenters. The van der Waals surface area contributed by atoms with Gasteiger partial charge in [0.1, 0.15) is 0 Å². The Labute approximate surface area is 49.3 Å². The lowest BCUT2D eigenvalue weighted by molar-refractivity contribution is 1.43. The van der Waals surface area contributed by atoms with Crippen molar-refractivity contribution in [1.82, 2.24) is 0 Å². The summed E-state index contributed by atoms with van der Waals surface area (Å²) in [4.78, 5) is 0. The molecule has 1 nitrogen and oxygen atoms in total. The summed E-state index contributed by atoms with van der Waals surface area (Å²) in [5.41, 5.74) is 1.50. The zero-order valence-corrected chi connectivity index (χ0v) is 5.42. The number of thiol groups is 1. The van der Waals surface area contributed by atoms with Gasteiger partial charge >= 0.3 is 0 Å². The van der Waals surface area contributed by atoms with Gasteiger partial charge in [-0.25, -0.2) is 0 Å². The fraction of sp³-hybridized carbons (Fsp3) is 0.400. The minimum atomic E-state index is 0.579. The summed E-state index contributed by atoms with van der Waals surface area (Å²) >= 11 is 3.85. The lowest BCUT2D eigenvalue weighted by atomic mass is 10.2. The standard InChI is InChI=1S/C5H9NS/c1-4(3-7)5(2)6/h3,6-7H,1-2H3/b4-3-,6-5?. The normalized spacial score (nSPS) is 11.6. The maximum atomic E-state index is 6.98. The van der Waals surface area contributed by atoms with Gasteiger partial charge in [0.15, 0.2) is 0 Å². The number of nitrogens with one attached hydrogen (secondary N) is 1. The van der Waals surface area contributed by atoms with E-state index >= 15 is 0 Å². The maximum absolute atomic E-state index is 6.98. The van der Waals surface area contributed by atoms with E-state index in [0.717, 1.165) is 5.57 Å². The van der Waals surface area contributed by atoms with Crippen molar-refractivity contribution in [3.05, 3.63) is 11.0 Å². The second kappa shape index (κ2) is 2.86. The van der Waals surface area contributed by atoms with E-state index in [0.29, 0.717) is 5.71 Å². The van der Waals surface area contributed by atoms with Crippen LogP contribution in [0.4, 0.5) is 0 Å². The average Bonchev–Trinajstić information content (AvgIpc) is 1.65. The van der Waals surface area contributed by atoms with Gasteiger partial charge in [0.2, 0.25) is 0 Å². The lowest BCUT2D eigenvalue weighted by Crippen LogP contribution is -1.86. The Morgan fingerprint density at radius 2 is 2.00 bits per heavy atom. The topological polar surface area (TPSA) is 23.9 Å². The molecule has 0 aliphatic rings. The number of hydrogen-bond donors (Lipinski definition) is 2. The van der Waals surface area contributed by atoms with Gasteiger partial charge in [-0.2, -0.15) is 12.6 Å². The Balaban J connectivity index is 3.82. The first-order valence-corrected chi connectivity index (χ1v) is 2.56. The Hall–Kier alpha value is -0.240. The van der Waals surface area contributed by atoms with E-state index in [9.17, 15) is 0 Å². The van der Waals surface area contributed by atoms with Crippen molar-refractivity contribution >= 4 is 18.3 Å². The van der Waals surface area contributed by atoms with E-state index in [4.69, 9.17) is 5.41 Å². The minimum Gasteiger partial charge on any atom is -0.305 e. The first kappa shape index (κ1) is 6.76. The van der Waals surface area contributed by atoms with Crippen molar-refractivity contribution in [1.29, 1.82) is 5.41 Å². The molecule has 0 aromatic heterocycles. The molecule has 7 heavy (non-hydrogen) atoms. The molecule has 0 unspecified atom stereocenters. The van der Waals surface area contributed by atoms with E-state index < -0.39 is 0 Å². The number of hydrogen-bond acceptors (Lipinski definition) is 2. The van der Waals surface area contributed by atoms with Crippen molar-refractivity contribution in [2.45, 2.75) is 13.8 Å². The first-order chi connectivity index (χ1) is 3.18. The van der Waals surface area contributed by atoms with Crippen LogP contribution in [0.25, 0.3) is 0 Å². The van der Waals surface area contributed by atoms with Crippen LogP contribution in [-0.2, 0) is 0 Å². The molecule has 2 heteroatoms. The highest BCUT2D eigenvalue weighted by Crippen LogP contribution is 1.94. The van der Waals surface area contributed by atoms with Gasteiger partial charge in [0.05, 0.1) is 0 Å². The van der Waals surface area contributed by atoms with Gasteiger partial charge in [-0.1, -0.05) is 0 Å². The summed E-state index contributed by atoms with van der Waals surface area (Å²) in [6, 6.07) is 0. The second-order valence-electron chi connectivity index (χ2n) is 1.44. The highest BCUT2D eigenvalue weighted by molar-refractivity contribution is 7.83. The molecular formula is C5H9NS. The van der Waals surface area contributed by atoms with Gasteiger partial charge in [0.25, 0.3) is 0 Å². The van der Waals surface area contributed by atoms with Gasteiger partial charge in [-0.15, -0.1) is 0 Å². The molecule has 0 aromatic carbocycles. The van der Waals surface area contributed by atoms with Crippen LogP contribution < -0.4 is 0 Å². The Morgan fingerprint density at radius 1 is 1.57 bits per heavy atom. The average molecular weight is 115 g/mol. The molecule has 0 aliphatic carbocycles. The first-order valence-electron chi connectivity index (χ1n) is 2.05. The molecule has 0 fully saturated rings. The SMILES string of the molecule is CC(=N)/C(C)=C\S. The lowest BCUT2D eigenvalue weighted by Gasteiger charge is -1.89. The van der Waals surface area contributed by atoms with E-state index in [1.54, 1.807) is 12.3 Å². The molecule has 0 spiro atoms.